The number of halogens is 1. The maximum absolute atomic E-state index is 13.4. The summed E-state index contributed by atoms with van der Waals surface area (Å²) >= 11 is 0. The molecule has 1 N–H and O–H groups in total. The standard InChI is InChI=1S/C16H24FNO/c1-16(2,3)18-10-13-9-14(17)7-8-15(13)19-11-12-5-4-6-12/h7-9,12,18H,4-6,10-11H2,1-3H3. The first-order valence-electron chi connectivity index (χ1n) is 7.10. The van der Waals surface area contributed by atoms with E-state index in [1.54, 1.807) is 12.1 Å². The van der Waals surface area contributed by atoms with Crippen LogP contribution in [0.15, 0.2) is 18.2 Å². The van der Waals surface area contributed by atoms with Gasteiger partial charge in [0, 0.05) is 17.6 Å². The lowest BCUT2D eigenvalue weighted by molar-refractivity contribution is 0.179. The Morgan fingerprint density at radius 1 is 1.32 bits per heavy atom. The molecule has 106 valence electrons. The van der Waals surface area contributed by atoms with Crippen molar-refractivity contribution in [2.45, 2.75) is 52.1 Å². The van der Waals surface area contributed by atoms with Crippen molar-refractivity contribution in [3.05, 3.63) is 29.6 Å². The van der Waals surface area contributed by atoms with Gasteiger partial charge in [0.05, 0.1) is 6.61 Å². The van der Waals surface area contributed by atoms with Gasteiger partial charge in [-0.2, -0.15) is 0 Å². The van der Waals surface area contributed by atoms with Gasteiger partial charge in [0.25, 0.3) is 0 Å². The molecule has 1 aromatic carbocycles. The minimum absolute atomic E-state index is 0.0115. The van der Waals surface area contributed by atoms with Crippen LogP contribution in [0.5, 0.6) is 5.75 Å². The highest BCUT2D eigenvalue weighted by Gasteiger charge is 2.19. The summed E-state index contributed by atoms with van der Waals surface area (Å²) in [5.41, 5.74) is 0.909. The lowest BCUT2D eigenvalue weighted by Gasteiger charge is -2.26. The van der Waals surface area contributed by atoms with Crippen molar-refractivity contribution in [3.8, 4) is 5.75 Å². The van der Waals surface area contributed by atoms with E-state index in [9.17, 15) is 4.39 Å². The number of hydrogen-bond donors (Lipinski definition) is 1. The molecule has 0 aliphatic heterocycles. The highest BCUT2D eigenvalue weighted by molar-refractivity contribution is 5.34. The quantitative estimate of drug-likeness (QED) is 0.872. The molecule has 0 bridgehead atoms. The molecule has 0 saturated heterocycles. The molecule has 0 spiro atoms. The van der Waals surface area contributed by atoms with Gasteiger partial charge in [-0.1, -0.05) is 6.42 Å². The van der Waals surface area contributed by atoms with Gasteiger partial charge in [-0.15, -0.1) is 0 Å². The van der Waals surface area contributed by atoms with E-state index in [1.807, 2.05) is 0 Å². The predicted octanol–water partition coefficient (Wildman–Crippen LogP) is 3.89. The Labute approximate surface area is 115 Å². The van der Waals surface area contributed by atoms with Gasteiger partial charge >= 0.3 is 0 Å². The largest absolute Gasteiger partial charge is 0.493 e. The van der Waals surface area contributed by atoms with Crippen LogP contribution in [-0.4, -0.2) is 12.1 Å². The van der Waals surface area contributed by atoms with E-state index in [0.29, 0.717) is 12.5 Å². The smallest absolute Gasteiger partial charge is 0.123 e. The van der Waals surface area contributed by atoms with Crippen molar-refractivity contribution >= 4 is 0 Å². The van der Waals surface area contributed by atoms with Gasteiger partial charge in [0.1, 0.15) is 11.6 Å². The summed E-state index contributed by atoms with van der Waals surface area (Å²) < 4.78 is 19.2. The third-order valence-corrected chi connectivity index (χ3v) is 3.53. The Morgan fingerprint density at radius 2 is 2.05 bits per heavy atom. The molecule has 0 heterocycles. The minimum atomic E-state index is -0.207. The minimum Gasteiger partial charge on any atom is -0.493 e. The molecule has 2 rings (SSSR count). The maximum atomic E-state index is 13.4. The first kappa shape index (κ1) is 14.3. The van der Waals surface area contributed by atoms with Crippen molar-refractivity contribution in [2.75, 3.05) is 6.61 Å². The molecule has 3 heteroatoms. The zero-order valence-corrected chi connectivity index (χ0v) is 12.1. The topological polar surface area (TPSA) is 21.3 Å². The van der Waals surface area contributed by atoms with E-state index >= 15 is 0 Å². The van der Waals surface area contributed by atoms with Crippen molar-refractivity contribution in [2.24, 2.45) is 5.92 Å². The lowest BCUT2D eigenvalue weighted by Crippen LogP contribution is -2.35. The average Bonchev–Trinajstić information content (AvgIpc) is 2.25. The summed E-state index contributed by atoms with van der Waals surface area (Å²) in [6.45, 7) is 7.68. The van der Waals surface area contributed by atoms with Gasteiger partial charge < -0.3 is 10.1 Å². The Bertz CT molecular complexity index is 421. The molecule has 1 fully saturated rings. The summed E-state index contributed by atoms with van der Waals surface area (Å²) in [5, 5.41) is 3.37. The second-order valence-electron chi connectivity index (χ2n) is 6.46. The van der Waals surface area contributed by atoms with Crippen LogP contribution in [0, 0.1) is 11.7 Å². The Kier molecular flexibility index (Phi) is 4.46. The zero-order valence-electron chi connectivity index (χ0n) is 12.1. The number of hydrogen-bond acceptors (Lipinski definition) is 2. The van der Waals surface area contributed by atoms with Gasteiger partial charge in [0.15, 0.2) is 0 Å². The summed E-state index contributed by atoms with van der Waals surface area (Å²) in [5.74, 6) is 1.29. The number of ether oxygens (including phenoxy) is 1. The van der Waals surface area contributed by atoms with Gasteiger partial charge in [-0.05, 0) is 57.7 Å². The fourth-order valence-electron chi connectivity index (χ4n) is 2.05. The normalized spacial score (nSPS) is 16.2. The molecule has 1 aliphatic carbocycles. The van der Waals surface area contributed by atoms with E-state index in [1.165, 1.54) is 25.3 Å². The molecule has 1 aromatic rings. The summed E-state index contributed by atoms with van der Waals surface area (Å²) in [6.07, 6.45) is 3.84. The van der Waals surface area contributed by atoms with Crippen LogP contribution in [0.2, 0.25) is 0 Å². The second kappa shape index (κ2) is 5.91. The van der Waals surface area contributed by atoms with Crippen LogP contribution in [0.3, 0.4) is 0 Å². The third kappa shape index (κ3) is 4.50. The Morgan fingerprint density at radius 3 is 2.63 bits per heavy atom. The molecule has 1 saturated carbocycles. The lowest BCUT2D eigenvalue weighted by atomic mass is 9.86. The predicted molar refractivity (Wildman–Crippen MR) is 75.8 cm³/mol. The molecule has 0 unspecified atom stereocenters. The van der Waals surface area contributed by atoms with Crippen LogP contribution in [-0.2, 0) is 6.54 Å². The zero-order chi connectivity index (χ0) is 13.9. The van der Waals surface area contributed by atoms with Crippen LogP contribution < -0.4 is 10.1 Å². The number of benzene rings is 1. The average molecular weight is 265 g/mol. The molecule has 0 aromatic heterocycles. The van der Waals surface area contributed by atoms with Crippen LogP contribution >= 0.6 is 0 Å². The summed E-state index contributed by atoms with van der Waals surface area (Å²) in [7, 11) is 0. The fraction of sp³-hybridized carbons (Fsp3) is 0.625. The van der Waals surface area contributed by atoms with E-state index < -0.39 is 0 Å². The second-order valence-corrected chi connectivity index (χ2v) is 6.46. The maximum Gasteiger partial charge on any atom is 0.123 e. The van der Waals surface area contributed by atoms with E-state index in [4.69, 9.17) is 4.74 Å². The molecule has 2 nitrogen and oxygen atoms in total. The molecular formula is C16H24FNO. The summed E-state index contributed by atoms with van der Waals surface area (Å²) in [4.78, 5) is 0. The SMILES string of the molecule is CC(C)(C)NCc1cc(F)ccc1OCC1CCC1. The molecular weight excluding hydrogens is 241 g/mol. The first-order chi connectivity index (χ1) is 8.94. The third-order valence-electron chi connectivity index (χ3n) is 3.53. The first-order valence-corrected chi connectivity index (χ1v) is 7.10. The Hall–Kier alpha value is -1.09. The van der Waals surface area contributed by atoms with Crippen molar-refractivity contribution in [3.63, 3.8) is 0 Å². The summed E-state index contributed by atoms with van der Waals surface area (Å²) in [6, 6.07) is 4.78. The van der Waals surface area contributed by atoms with Crippen molar-refractivity contribution in [1.29, 1.82) is 0 Å². The monoisotopic (exact) mass is 265 g/mol. The van der Waals surface area contributed by atoms with E-state index in [0.717, 1.165) is 17.9 Å². The van der Waals surface area contributed by atoms with Crippen molar-refractivity contribution < 1.29 is 9.13 Å². The van der Waals surface area contributed by atoms with E-state index in [2.05, 4.69) is 26.1 Å². The Balaban J connectivity index is 1.99. The molecule has 1 aliphatic rings. The van der Waals surface area contributed by atoms with Crippen LogP contribution in [0.4, 0.5) is 4.39 Å². The molecule has 0 amide bonds. The molecule has 0 atom stereocenters. The van der Waals surface area contributed by atoms with E-state index in [-0.39, 0.29) is 11.4 Å². The molecule has 19 heavy (non-hydrogen) atoms. The van der Waals surface area contributed by atoms with Gasteiger partial charge in [0.2, 0.25) is 0 Å². The van der Waals surface area contributed by atoms with Crippen molar-refractivity contribution in [1.82, 2.24) is 5.32 Å². The van der Waals surface area contributed by atoms with Crippen LogP contribution in [0.1, 0.15) is 45.6 Å². The molecule has 0 radical (unpaired) electrons. The van der Waals surface area contributed by atoms with Crippen LogP contribution in [0.25, 0.3) is 0 Å². The highest BCUT2D eigenvalue weighted by Crippen LogP contribution is 2.28. The number of rotatable bonds is 5. The fourth-order valence-corrected chi connectivity index (χ4v) is 2.05. The highest BCUT2D eigenvalue weighted by atomic mass is 19.1. The van der Waals surface area contributed by atoms with Gasteiger partial charge in [-0.25, -0.2) is 4.39 Å². The van der Waals surface area contributed by atoms with Gasteiger partial charge in [-0.3, -0.25) is 0 Å². The number of nitrogens with one attached hydrogen (secondary N) is 1.